The fraction of sp³-hybridized carbons (Fsp3) is 0.632. The zero-order valence-electron chi connectivity index (χ0n) is 16.0. The monoisotopic (exact) mass is 373 g/mol. The highest BCUT2D eigenvalue weighted by Gasteiger charge is 2.44. The number of fused-ring (bicyclic) bond motifs is 1. The summed E-state index contributed by atoms with van der Waals surface area (Å²) in [4.78, 5) is 26.5. The Kier molecular flexibility index (Phi) is 4.19. The van der Waals surface area contributed by atoms with Crippen LogP contribution in [-0.2, 0) is 4.79 Å². The molecule has 4 heterocycles. The smallest absolute Gasteiger partial charge is 0.240 e. The quantitative estimate of drug-likeness (QED) is 0.803. The Morgan fingerprint density at radius 3 is 2.62 bits per heavy atom. The van der Waals surface area contributed by atoms with E-state index in [1.807, 2.05) is 0 Å². The van der Waals surface area contributed by atoms with Gasteiger partial charge in [0, 0.05) is 31.1 Å². The molecule has 2 fully saturated rings. The first-order valence-electron chi connectivity index (χ1n) is 9.30. The summed E-state index contributed by atoms with van der Waals surface area (Å²) in [5.74, 6) is 1.17. The second-order valence-electron chi connectivity index (χ2n) is 8.43. The van der Waals surface area contributed by atoms with Gasteiger partial charge in [-0.2, -0.15) is 0 Å². The van der Waals surface area contributed by atoms with Gasteiger partial charge in [-0.05, 0) is 37.7 Å². The first-order chi connectivity index (χ1) is 12.3. The number of hydrogen-bond acceptors (Lipinski definition) is 6. The third-order valence-corrected chi connectivity index (χ3v) is 7.04. The van der Waals surface area contributed by atoms with E-state index in [2.05, 4.69) is 53.2 Å². The number of aromatic nitrogens is 2. The molecule has 0 saturated carbocycles. The Morgan fingerprint density at radius 2 is 1.88 bits per heavy atom. The normalized spacial score (nSPS) is 22.5. The minimum absolute atomic E-state index is 0.0838. The van der Waals surface area contributed by atoms with Crippen molar-refractivity contribution >= 4 is 33.3 Å². The molecule has 2 aliphatic heterocycles. The van der Waals surface area contributed by atoms with Crippen LogP contribution in [0.25, 0.3) is 10.2 Å². The molecule has 0 bridgehead atoms. The number of anilines is 1. The van der Waals surface area contributed by atoms with Gasteiger partial charge < -0.3 is 15.5 Å². The summed E-state index contributed by atoms with van der Waals surface area (Å²) < 4.78 is 0. The van der Waals surface area contributed by atoms with Crippen molar-refractivity contribution in [3.8, 4) is 0 Å². The molecule has 6 nitrogen and oxygen atoms in total. The van der Waals surface area contributed by atoms with Crippen molar-refractivity contribution in [2.24, 2.45) is 5.41 Å². The van der Waals surface area contributed by atoms with E-state index in [9.17, 15) is 4.79 Å². The van der Waals surface area contributed by atoms with Gasteiger partial charge in [-0.1, -0.05) is 13.8 Å². The maximum Gasteiger partial charge on any atom is 0.240 e. The highest BCUT2D eigenvalue weighted by atomic mass is 32.1. The summed E-state index contributed by atoms with van der Waals surface area (Å²) in [6, 6.07) is 0. The number of nitrogens with one attached hydrogen (secondary N) is 2. The Labute approximate surface area is 158 Å². The zero-order valence-corrected chi connectivity index (χ0v) is 16.8. The molecule has 140 valence electrons. The molecule has 1 amide bonds. The minimum atomic E-state index is -0.448. The van der Waals surface area contributed by atoms with Gasteiger partial charge in [0.25, 0.3) is 0 Å². The second-order valence-corrected chi connectivity index (χ2v) is 9.63. The maximum atomic E-state index is 12.8. The molecule has 26 heavy (non-hydrogen) atoms. The Morgan fingerprint density at radius 1 is 1.15 bits per heavy atom. The van der Waals surface area contributed by atoms with E-state index in [0.29, 0.717) is 0 Å². The average Bonchev–Trinajstić information content (AvgIpc) is 2.87. The number of carbonyl (C=O) groups is 1. The van der Waals surface area contributed by atoms with Crippen molar-refractivity contribution in [1.29, 1.82) is 0 Å². The van der Waals surface area contributed by atoms with Crippen LogP contribution in [0.4, 0.5) is 5.82 Å². The van der Waals surface area contributed by atoms with Crippen molar-refractivity contribution in [3.63, 3.8) is 0 Å². The first kappa shape index (κ1) is 17.7. The molecule has 0 radical (unpaired) electrons. The van der Waals surface area contributed by atoms with Crippen LogP contribution in [0.15, 0.2) is 6.33 Å². The lowest BCUT2D eigenvalue weighted by molar-refractivity contribution is -0.127. The molecule has 2 saturated heterocycles. The van der Waals surface area contributed by atoms with E-state index in [0.717, 1.165) is 49.7 Å². The average molecular weight is 374 g/mol. The SMILES string of the molecule is Cc1sc2ncnc(N3CCC4(CC3)NCC(C)(C)CNC4=O)c2c1C. The van der Waals surface area contributed by atoms with Crippen LogP contribution in [0.1, 0.15) is 37.1 Å². The molecule has 2 N–H and O–H groups in total. The van der Waals surface area contributed by atoms with E-state index < -0.39 is 5.54 Å². The molecule has 0 aliphatic carbocycles. The van der Waals surface area contributed by atoms with Gasteiger partial charge in [-0.15, -0.1) is 11.3 Å². The summed E-state index contributed by atoms with van der Waals surface area (Å²) in [6.45, 7) is 11.9. The van der Waals surface area contributed by atoms with Crippen LogP contribution in [0.5, 0.6) is 0 Å². The van der Waals surface area contributed by atoms with Gasteiger partial charge in [0.1, 0.15) is 22.5 Å². The summed E-state index contributed by atoms with van der Waals surface area (Å²) in [5, 5.41) is 7.91. The molecule has 0 aromatic carbocycles. The van der Waals surface area contributed by atoms with Crippen molar-refractivity contribution in [2.45, 2.75) is 46.1 Å². The summed E-state index contributed by atoms with van der Waals surface area (Å²) >= 11 is 1.73. The van der Waals surface area contributed by atoms with E-state index >= 15 is 0 Å². The van der Waals surface area contributed by atoms with Gasteiger partial charge in [0.2, 0.25) is 5.91 Å². The van der Waals surface area contributed by atoms with E-state index in [-0.39, 0.29) is 11.3 Å². The first-order valence-corrected chi connectivity index (χ1v) is 10.1. The Balaban J connectivity index is 1.58. The summed E-state index contributed by atoms with van der Waals surface area (Å²) in [5.41, 5.74) is 0.907. The third kappa shape index (κ3) is 2.87. The number of rotatable bonds is 1. The Hall–Kier alpha value is -1.73. The number of amides is 1. The topological polar surface area (TPSA) is 70.2 Å². The van der Waals surface area contributed by atoms with Gasteiger partial charge >= 0.3 is 0 Å². The second kappa shape index (κ2) is 6.16. The molecule has 0 unspecified atom stereocenters. The highest BCUT2D eigenvalue weighted by Crippen LogP contribution is 2.36. The van der Waals surface area contributed by atoms with Crippen LogP contribution in [0, 0.1) is 19.3 Å². The predicted molar refractivity (Wildman–Crippen MR) is 106 cm³/mol. The fourth-order valence-corrected chi connectivity index (χ4v) is 4.94. The van der Waals surface area contributed by atoms with Crippen molar-refractivity contribution in [3.05, 3.63) is 16.8 Å². The standard InChI is InChI=1S/C19H27N5OS/c1-12-13(2)26-16-14(12)15(21-11-22-16)24-7-5-19(6-8-24)17(25)20-9-18(3,4)10-23-19/h11,23H,5-10H2,1-4H3,(H,20,25). The number of piperidine rings is 1. The van der Waals surface area contributed by atoms with Crippen molar-refractivity contribution < 1.29 is 4.79 Å². The lowest BCUT2D eigenvalue weighted by atomic mass is 9.86. The lowest BCUT2D eigenvalue weighted by Crippen LogP contribution is -2.60. The molecule has 7 heteroatoms. The fourth-order valence-electron chi connectivity index (χ4n) is 3.95. The van der Waals surface area contributed by atoms with Gasteiger partial charge in [-0.3, -0.25) is 4.79 Å². The van der Waals surface area contributed by atoms with Gasteiger partial charge in [0.15, 0.2) is 0 Å². The molecule has 0 atom stereocenters. The molecule has 1 spiro atoms. The number of thiophene rings is 1. The van der Waals surface area contributed by atoms with Crippen LogP contribution < -0.4 is 15.5 Å². The highest BCUT2D eigenvalue weighted by molar-refractivity contribution is 7.18. The Bertz CT molecular complexity index is 851. The molecule has 2 aromatic heterocycles. The van der Waals surface area contributed by atoms with Crippen molar-refractivity contribution in [2.75, 3.05) is 31.1 Å². The minimum Gasteiger partial charge on any atom is -0.356 e. The molecule has 4 rings (SSSR count). The van der Waals surface area contributed by atoms with Gasteiger partial charge in [0.05, 0.1) is 5.39 Å². The van der Waals surface area contributed by atoms with Crippen LogP contribution in [-0.4, -0.2) is 47.6 Å². The largest absolute Gasteiger partial charge is 0.356 e. The van der Waals surface area contributed by atoms with Crippen LogP contribution in [0.2, 0.25) is 0 Å². The maximum absolute atomic E-state index is 12.8. The number of carbonyl (C=O) groups excluding carboxylic acids is 1. The van der Waals surface area contributed by atoms with Crippen LogP contribution in [0.3, 0.4) is 0 Å². The van der Waals surface area contributed by atoms with E-state index in [1.165, 1.54) is 15.8 Å². The zero-order chi connectivity index (χ0) is 18.5. The summed E-state index contributed by atoms with van der Waals surface area (Å²) in [7, 11) is 0. The number of nitrogens with zero attached hydrogens (tertiary/aromatic N) is 3. The molecule has 2 aromatic rings. The third-order valence-electron chi connectivity index (χ3n) is 5.93. The van der Waals surface area contributed by atoms with E-state index in [4.69, 9.17) is 0 Å². The molecule has 2 aliphatic rings. The van der Waals surface area contributed by atoms with E-state index in [1.54, 1.807) is 17.7 Å². The lowest BCUT2D eigenvalue weighted by Gasteiger charge is -2.41. The van der Waals surface area contributed by atoms with Gasteiger partial charge in [-0.25, -0.2) is 9.97 Å². The molecular formula is C19H27N5OS. The number of hydrogen-bond donors (Lipinski definition) is 2. The predicted octanol–water partition coefficient (Wildman–Crippen LogP) is 2.39. The van der Waals surface area contributed by atoms with Crippen molar-refractivity contribution in [1.82, 2.24) is 20.6 Å². The number of aryl methyl sites for hydroxylation is 2. The van der Waals surface area contributed by atoms with Crippen LogP contribution >= 0.6 is 11.3 Å². The molecular weight excluding hydrogens is 346 g/mol. The summed E-state index contributed by atoms with van der Waals surface area (Å²) in [6.07, 6.45) is 3.25.